The molecule has 3 unspecified atom stereocenters. The lowest BCUT2D eigenvalue weighted by atomic mass is 9.95. The van der Waals surface area contributed by atoms with Crippen LogP contribution in [0, 0.1) is 0 Å². The predicted molar refractivity (Wildman–Crippen MR) is 93.4 cm³/mol. The highest BCUT2D eigenvalue weighted by Crippen LogP contribution is 2.32. The Morgan fingerprint density at radius 3 is 2.57 bits per heavy atom. The molecule has 1 aromatic rings. The highest BCUT2D eigenvalue weighted by molar-refractivity contribution is 9.10. The topological polar surface area (TPSA) is 32.5 Å². The van der Waals surface area contributed by atoms with Crippen LogP contribution >= 0.6 is 15.9 Å². The number of hydrogen-bond donors (Lipinski definition) is 1. The van der Waals surface area contributed by atoms with Crippen molar-refractivity contribution < 1.29 is 0 Å². The van der Waals surface area contributed by atoms with Crippen LogP contribution in [0.1, 0.15) is 38.8 Å². The molecule has 4 heteroatoms. The predicted octanol–water partition coefficient (Wildman–Crippen LogP) is 3.25. The SMILES string of the molecule is CCC(N)C(c1ccccc1Br)N1CCN(CC)C(C)C1. The molecule has 1 fully saturated rings. The number of halogens is 1. The maximum absolute atomic E-state index is 6.49. The molecule has 0 aliphatic carbocycles. The van der Waals surface area contributed by atoms with E-state index in [2.05, 4.69) is 70.8 Å². The maximum atomic E-state index is 6.49. The first kappa shape index (κ1) is 16.9. The Bertz CT molecular complexity index is 451. The van der Waals surface area contributed by atoms with Gasteiger partial charge in [-0.2, -0.15) is 0 Å². The number of nitrogens with two attached hydrogens (primary N) is 1. The third kappa shape index (κ3) is 3.86. The maximum Gasteiger partial charge on any atom is 0.0511 e. The molecule has 2 rings (SSSR count). The second-order valence-corrected chi connectivity index (χ2v) is 6.87. The second kappa shape index (κ2) is 7.73. The Kier molecular flexibility index (Phi) is 6.23. The van der Waals surface area contributed by atoms with E-state index in [-0.39, 0.29) is 6.04 Å². The fourth-order valence-corrected chi connectivity index (χ4v) is 3.90. The van der Waals surface area contributed by atoms with Gasteiger partial charge in [-0.05, 0) is 31.5 Å². The summed E-state index contributed by atoms with van der Waals surface area (Å²) < 4.78 is 1.17. The third-order valence-electron chi connectivity index (χ3n) is 4.70. The first-order chi connectivity index (χ1) is 10.1. The summed E-state index contributed by atoms with van der Waals surface area (Å²) in [5.41, 5.74) is 7.81. The molecule has 0 saturated carbocycles. The molecule has 1 aromatic carbocycles. The summed E-state index contributed by atoms with van der Waals surface area (Å²) in [6, 6.07) is 9.58. The average molecular weight is 354 g/mol. The lowest BCUT2D eigenvalue weighted by Gasteiger charge is -2.45. The Labute approximate surface area is 137 Å². The van der Waals surface area contributed by atoms with Gasteiger partial charge in [0.15, 0.2) is 0 Å². The van der Waals surface area contributed by atoms with Gasteiger partial charge in [0, 0.05) is 36.2 Å². The van der Waals surface area contributed by atoms with E-state index in [1.54, 1.807) is 0 Å². The fraction of sp³-hybridized carbons (Fsp3) is 0.647. The van der Waals surface area contributed by atoms with Crippen molar-refractivity contribution in [3.63, 3.8) is 0 Å². The normalized spacial score (nSPS) is 24.0. The molecule has 0 aromatic heterocycles. The first-order valence-electron chi connectivity index (χ1n) is 8.06. The molecule has 0 radical (unpaired) electrons. The van der Waals surface area contributed by atoms with Crippen molar-refractivity contribution in [1.82, 2.24) is 9.80 Å². The van der Waals surface area contributed by atoms with Crippen molar-refractivity contribution in [2.24, 2.45) is 5.73 Å². The summed E-state index contributed by atoms with van der Waals surface area (Å²) in [7, 11) is 0. The number of benzene rings is 1. The summed E-state index contributed by atoms with van der Waals surface area (Å²) in [6.45, 7) is 11.2. The molecule has 0 spiro atoms. The van der Waals surface area contributed by atoms with Gasteiger partial charge < -0.3 is 5.73 Å². The monoisotopic (exact) mass is 353 g/mol. The van der Waals surface area contributed by atoms with E-state index in [9.17, 15) is 0 Å². The van der Waals surface area contributed by atoms with E-state index >= 15 is 0 Å². The fourth-order valence-electron chi connectivity index (χ4n) is 3.38. The number of rotatable bonds is 5. The Morgan fingerprint density at radius 1 is 1.29 bits per heavy atom. The van der Waals surface area contributed by atoms with E-state index in [1.165, 1.54) is 10.0 Å². The summed E-state index contributed by atoms with van der Waals surface area (Å²) in [5.74, 6) is 0. The molecular weight excluding hydrogens is 326 g/mol. The van der Waals surface area contributed by atoms with Gasteiger partial charge in [-0.15, -0.1) is 0 Å². The molecule has 1 aliphatic rings. The molecular formula is C17H28BrN3. The molecule has 0 bridgehead atoms. The van der Waals surface area contributed by atoms with Crippen LogP contribution in [-0.4, -0.2) is 48.1 Å². The van der Waals surface area contributed by atoms with Gasteiger partial charge in [-0.1, -0.05) is 48.0 Å². The number of hydrogen-bond acceptors (Lipinski definition) is 3. The summed E-state index contributed by atoms with van der Waals surface area (Å²) in [5, 5.41) is 0. The van der Waals surface area contributed by atoms with Gasteiger partial charge in [-0.3, -0.25) is 9.80 Å². The van der Waals surface area contributed by atoms with Crippen molar-refractivity contribution in [3.8, 4) is 0 Å². The Balaban J connectivity index is 2.24. The molecule has 118 valence electrons. The van der Waals surface area contributed by atoms with Gasteiger partial charge in [-0.25, -0.2) is 0 Å². The lowest BCUT2D eigenvalue weighted by Crippen LogP contribution is -2.55. The van der Waals surface area contributed by atoms with Gasteiger partial charge >= 0.3 is 0 Å². The van der Waals surface area contributed by atoms with E-state index in [0.717, 1.165) is 32.6 Å². The Hall–Kier alpha value is -0.420. The lowest BCUT2D eigenvalue weighted by molar-refractivity contribution is 0.0491. The smallest absolute Gasteiger partial charge is 0.0511 e. The van der Waals surface area contributed by atoms with Gasteiger partial charge in [0.05, 0.1) is 6.04 Å². The highest BCUT2D eigenvalue weighted by Gasteiger charge is 2.32. The minimum absolute atomic E-state index is 0.170. The van der Waals surface area contributed by atoms with Gasteiger partial charge in [0.1, 0.15) is 0 Å². The van der Waals surface area contributed by atoms with Crippen LogP contribution in [0.5, 0.6) is 0 Å². The van der Waals surface area contributed by atoms with Crippen molar-refractivity contribution >= 4 is 15.9 Å². The van der Waals surface area contributed by atoms with Crippen molar-refractivity contribution in [2.75, 3.05) is 26.2 Å². The third-order valence-corrected chi connectivity index (χ3v) is 5.42. The van der Waals surface area contributed by atoms with Crippen LogP contribution < -0.4 is 5.73 Å². The quantitative estimate of drug-likeness (QED) is 0.881. The highest BCUT2D eigenvalue weighted by atomic mass is 79.9. The minimum Gasteiger partial charge on any atom is -0.326 e. The molecule has 2 N–H and O–H groups in total. The molecule has 1 heterocycles. The van der Waals surface area contributed by atoms with E-state index in [0.29, 0.717) is 12.1 Å². The van der Waals surface area contributed by atoms with Crippen LogP contribution in [0.2, 0.25) is 0 Å². The molecule has 0 amide bonds. The van der Waals surface area contributed by atoms with Crippen LogP contribution in [-0.2, 0) is 0 Å². The standard InChI is InChI=1S/C17H28BrN3/c1-4-16(19)17(14-8-6-7-9-15(14)18)21-11-10-20(5-2)13(3)12-21/h6-9,13,16-17H,4-5,10-12,19H2,1-3H3. The summed E-state index contributed by atoms with van der Waals surface area (Å²) in [6.07, 6.45) is 0.994. The first-order valence-corrected chi connectivity index (χ1v) is 8.85. The molecule has 3 atom stereocenters. The van der Waals surface area contributed by atoms with Crippen LogP contribution in [0.15, 0.2) is 28.7 Å². The number of likely N-dealkylation sites (N-methyl/N-ethyl adjacent to an activating group) is 1. The average Bonchev–Trinajstić information content (AvgIpc) is 2.49. The van der Waals surface area contributed by atoms with E-state index in [4.69, 9.17) is 5.73 Å². The van der Waals surface area contributed by atoms with E-state index < -0.39 is 0 Å². The van der Waals surface area contributed by atoms with Gasteiger partial charge in [0.25, 0.3) is 0 Å². The van der Waals surface area contributed by atoms with Gasteiger partial charge in [0.2, 0.25) is 0 Å². The summed E-state index contributed by atoms with van der Waals surface area (Å²) >= 11 is 3.71. The molecule has 21 heavy (non-hydrogen) atoms. The molecule has 3 nitrogen and oxygen atoms in total. The zero-order chi connectivity index (χ0) is 15.4. The van der Waals surface area contributed by atoms with Crippen molar-refractivity contribution in [1.29, 1.82) is 0 Å². The van der Waals surface area contributed by atoms with Crippen molar-refractivity contribution in [2.45, 2.75) is 45.3 Å². The largest absolute Gasteiger partial charge is 0.326 e. The second-order valence-electron chi connectivity index (χ2n) is 6.01. The molecule has 1 aliphatic heterocycles. The Morgan fingerprint density at radius 2 is 2.00 bits per heavy atom. The summed E-state index contributed by atoms with van der Waals surface area (Å²) in [4.78, 5) is 5.12. The van der Waals surface area contributed by atoms with E-state index in [1.807, 2.05) is 0 Å². The van der Waals surface area contributed by atoms with Crippen LogP contribution in [0.3, 0.4) is 0 Å². The zero-order valence-electron chi connectivity index (χ0n) is 13.4. The zero-order valence-corrected chi connectivity index (χ0v) is 15.0. The van der Waals surface area contributed by atoms with Crippen LogP contribution in [0.25, 0.3) is 0 Å². The number of piperazine rings is 1. The van der Waals surface area contributed by atoms with Crippen LogP contribution in [0.4, 0.5) is 0 Å². The molecule has 1 saturated heterocycles. The number of nitrogens with zero attached hydrogens (tertiary/aromatic N) is 2. The minimum atomic E-state index is 0.170. The van der Waals surface area contributed by atoms with Crippen molar-refractivity contribution in [3.05, 3.63) is 34.3 Å².